The number of fused-ring (bicyclic) bond motifs is 1. The van der Waals surface area contributed by atoms with E-state index in [4.69, 9.17) is 0 Å². The van der Waals surface area contributed by atoms with Gasteiger partial charge in [-0.25, -0.2) is 13.4 Å². The standard InChI is InChI=1S/C10H12N2O2S/c1-3-9-11-7-5-4-6-8(10(7)12-9)15(2,13)14/h4-6H,3H2,1-2H3,(H,11,12). The molecule has 0 radical (unpaired) electrons. The minimum atomic E-state index is -3.21. The molecule has 0 saturated heterocycles. The lowest BCUT2D eigenvalue weighted by Gasteiger charge is -1.97. The van der Waals surface area contributed by atoms with Gasteiger partial charge in [-0.05, 0) is 12.1 Å². The maximum atomic E-state index is 11.5. The van der Waals surface area contributed by atoms with Crippen LogP contribution in [-0.4, -0.2) is 24.6 Å². The Morgan fingerprint density at radius 1 is 1.40 bits per heavy atom. The number of aryl methyl sites for hydroxylation is 1. The predicted molar refractivity (Wildman–Crippen MR) is 58.6 cm³/mol. The van der Waals surface area contributed by atoms with Crippen molar-refractivity contribution in [3.63, 3.8) is 0 Å². The van der Waals surface area contributed by atoms with Crippen molar-refractivity contribution in [2.75, 3.05) is 6.26 Å². The number of H-pyrrole nitrogens is 1. The fourth-order valence-electron chi connectivity index (χ4n) is 1.52. The largest absolute Gasteiger partial charge is 0.342 e. The number of aromatic amines is 1. The summed E-state index contributed by atoms with van der Waals surface area (Å²) in [6.07, 6.45) is 1.96. The van der Waals surface area contributed by atoms with Crippen molar-refractivity contribution in [2.24, 2.45) is 0 Å². The van der Waals surface area contributed by atoms with E-state index in [1.807, 2.05) is 13.0 Å². The summed E-state index contributed by atoms with van der Waals surface area (Å²) in [5.41, 5.74) is 1.31. The molecule has 1 N–H and O–H groups in total. The average molecular weight is 224 g/mol. The van der Waals surface area contributed by atoms with Gasteiger partial charge in [0.2, 0.25) is 0 Å². The lowest BCUT2D eigenvalue weighted by molar-refractivity contribution is 0.602. The Morgan fingerprint density at radius 2 is 2.13 bits per heavy atom. The van der Waals surface area contributed by atoms with Crippen molar-refractivity contribution in [1.82, 2.24) is 9.97 Å². The van der Waals surface area contributed by atoms with Gasteiger partial charge in [0.25, 0.3) is 0 Å². The van der Waals surface area contributed by atoms with Gasteiger partial charge < -0.3 is 4.98 Å². The molecule has 2 rings (SSSR count). The van der Waals surface area contributed by atoms with Gasteiger partial charge in [-0.3, -0.25) is 0 Å². The van der Waals surface area contributed by atoms with Crippen LogP contribution in [0.3, 0.4) is 0 Å². The van der Waals surface area contributed by atoms with Gasteiger partial charge in [-0.1, -0.05) is 13.0 Å². The quantitative estimate of drug-likeness (QED) is 0.841. The third-order valence-electron chi connectivity index (χ3n) is 2.26. The van der Waals surface area contributed by atoms with E-state index in [0.717, 1.165) is 17.8 Å². The second kappa shape index (κ2) is 3.34. The van der Waals surface area contributed by atoms with Gasteiger partial charge in [0.1, 0.15) is 11.3 Å². The molecule has 0 atom stereocenters. The maximum Gasteiger partial charge on any atom is 0.177 e. The highest BCUT2D eigenvalue weighted by Crippen LogP contribution is 2.20. The first-order valence-corrected chi connectivity index (χ1v) is 6.59. The Morgan fingerprint density at radius 3 is 2.73 bits per heavy atom. The van der Waals surface area contributed by atoms with Crippen LogP contribution in [0.15, 0.2) is 23.1 Å². The Bertz CT molecular complexity index is 599. The Hall–Kier alpha value is -1.36. The van der Waals surface area contributed by atoms with Crippen LogP contribution < -0.4 is 0 Å². The summed E-state index contributed by atoms with van der Waals surface area (Å²) in [5, 5.41) is 0. The maximum absolute atomic E-state index is 11.5. The van der Waals surface area contributed by atoms with E-state index in [-0.39, 0.29) is 4.90 Å². The zero-order valence-electron chi connectivity index (χ0n) is 8.61. The number of para-hydroxylation sites is 1. The molecule has 1 aromatic carbocycles. The van der Waals surface area contributed by atoms with Crippen molar-refractivity contribution in [3.8, 4) is 0 Å². The Balaban J connectivity index is 2.81. The van der Waals surface area contributed by atoms with Gasteiger partial charge in [0, 0.05) is 12.7 Å². The molecule has 1 heterocycles. The van der Waals surface area contributed by atoms with Crippen molar-refractivity contribution in [3.05, 3.63) is 24.0 Å². The Labute approximate surface area is 88.3 Å². The number of imidazole rings is 1. The monoisotopic (exact) mass is 224 g/mol. The third-order valence-corrected chi connectivity index (χ3v) is 3.39. The predicted octanol–water partition coefficient (Wildman–Crippen LogP) is 1.53. The first-order chi connectivity index (χ1) is 7.02. The number of sulfone groups is 1. The van der Waals surface area contributed by atoms with Crippen LogP contribution >= 0.6 is 0 Å². The molecule has 0 amide bonds. The molecule has 0 spiro atoms. The highest BCUT2D eigenvalue weighted by Gasteiger charge is 2.14. The fourth-order valence-corrected chi connectivity index (χ4v) is 2.36. The SMILES string of the molecule is CCc1nc2c(S(C)(=O)=O)cccc2[nH]1. The van der Waals surface area contributed by atoms with Gasteiger partial charge in [-0.2, -0.15) is 0 Å². The second-order valence-electron chi connectivity index (χ2n) is 3.46. The highest BCUT2D eigenvalue weighted by atomic mass is 32.2. The minimum absolute atomic E-state index is 0.288. The summed E-state index contributed by atoms with van der Waals surface area (Å²) < 4.78 is 23.0. The number of rotatable bonds is 2. The molecule has 0 bridgehead atoms. The number of hydrogen-bond donors (Lipinski definition) is 1. The van der Waals surface area contributed by atoms with E-state index in [0.29, 0.717) is 5.52 Å². The summed E-state index contributed by atoms with van der Waals surface area (Å²) in [7, 11) is -3.21. The normalized spacial score (nSPS) is 12.1. The van der Waals surface area contributed by atoms with Crippen LogP contribution in [0.25, 0.3) is 11.0 Å². The molecule has 0 unspecified atom stereocenters. The molecule has 0 aliphatic carbocycles. The summed E-state index contributed by atoms with van der Waals surface area (Å²) in [6.45, 7) is 1.97. The molecule has 0 fully saturated rings. The molecular formula is C10H12N2O2S. The second-order valence-corrected chi connectivity index (χ2v) is 5.45. The molecule has 15 heavy (non-hydrogen) atoms. The molecule has 80 valence electrons. The number of hydrogen-bond acceptors (Lipinski definition) is 3. The molecule has 1 aromatic heterocycles. The van der Waals surface area contributed by atoms with E-state index < -0.39 is 9.84 Å². The van der Waals surface area contributed by atoms with Crippen LogP contribution in [0, 0.1) is 0 Å². The van der Waals surface area contributed by atoms with E-state index in [1.54, 1.807) is 12.1 Å². The Kier molecular flexibility index (Phi) is 2.26. The summed E-state index contributed by atoms with van der Waals surface area (Å²) in [5.74, 6) is 0.807. The van der Waals surface area contributed by atoms with E-state index in [1.165, 1.54) is 6.26 Å². The van der Waals surface area contributed by atoms with Crippen LogP contribution in [0.2, 0.25) is 0 Å². The number of aromatic nitrogens is 2. The molecule has 5 heteroatoms. The lowest BCUT2D eigenvalue weighted by atomic mass is 10.3. The fraction of sp³-hybridized carbons (Fsp3) is 0.300. The topological polar surface area (TPSA) is 62.8 Å². The van der Waals surface area contributed by atoms with Crippen LogP contribution in [-0.2, 0) is 16.3 Å². The van der Waals surface area contributed by atoms with Gasteiger partial charge in [-0.15, -0.1) is 0 Å². The van der Waals surface area contributed by atoms with Gasteiger partial charge in [0.15, 0.2) is 9.84 Å². The van der Waals surface area contributed by atoms with Crippen LogP contribution in [0.4, 0.5) is 0 Å². The summed E-state index contributed by atoms with van der Waals surface area (Å²) in [4.78, 5) is 7.63. The molecular weight excluding hydrogens is 212 g/mol. The van der Waals surface area contributed by atoms with Gasteiger partial charge >= 0.3 is 0 Å². The average Bonchev–Trinajstić information content (AvgIpc) is 2.57. The van der Waals surface area contributed by atoms with Crippen LogP contribution in [0.5, 0.6) is 0 Å². The summed E-state index contributed by atoms with van der Waals surface area (Å²) >= 11 is 0. The summed E-state index contributed by atoms with van der Waals surface area (Å²) in [6, 6.07) is 5.13. The molecule has 0 aliphatic rings. The highest BCUT2D eigenvalue weighted by molar-refractivity contribution is 7.91. The van der Waals surface area contributed by atoms with Gasteiger partial charge in [0.05, 0.1) is 10.4 Å². The lowest BCUT2D eigenvalue weighted by Crippen LogP contribution is -1.97. The smallest absolute Gasteiger partial charge is 0.177 e. The van der Waals surface area contributed by atoms with Crippen molar-refractivity contribution >= 4 is 20.9 Å². The van der Waals surface area contributed by atoms with E-state index >= 15 is 0 Å². The van der Waals surface area contributed by atoms with E-state index in [9.17, 15) is 8.42 Å². The molecule has 2 aromatic rings. The minimum Gasteiger partial charge on any atom is -0.342 e. The first kappa shape index (κ1) is 10.2. The number of nitrogens with one attached hydrogen (secondary N) is 1. The molecule has 0 saturated carbocycles. The number of nitrogens with zero attached hydrogens (tertiary/aromatic N) is 1. The van der Waals surface area contributed by atoms with Crippen molar-refractivity contribution in [2.45, 2.75) is 18.2 Å². The first-order valence-electron chi connectivity index (χ1n) is 4.70. The van der Waals surface area contributed by atoms with E-state index in [2.05, 4.69) is 9.97 Å². The zero-order valence-corrected chi connectivity index (χ0v) is 9.43. The zero-order chi connectivity index (χ0) is 11.1. The van der Waals surface area contributed by atoms with Crippen LogP contribution in [0.1, 0.15) is 12.7 Å². The number of benzene rings is 1. The molecule has 0 aliphatic heterocycles. The molecule has 4 nitrogen and oxygen atoms in total. The third kappa shape index (κ3) is 1.74. The van der Waals surface area contributed by atoms with Crippen molar-refractivity contribution < 1.29 is 8.42 Å². The van der Waals surface area contributed by atoms with Crippen molar-refractivity contribution in [1.29, 1.82) is 0 Å².